The van der Waals surface area contributed by atoms with Crippen LogP contribution in [0.3, 0.4) is 0 Å². The number of hydrogen-bond acceptors (Lipinski definition) is 4. The molecule has 7 heteroatoms. The van der Waals surface area contributed by atoms with Crippen molar-refractivity contribution in [1.29, 1.82) is 0 Å². The lowest BCUT2D eigenvalue weighted by Crippen LogP contribution is -2.48. The van der Waals surface area contributed by atoms with Crippen molar-refractivity contribution in [2.75, 3.05) is 31.1 Å². The zero-order valence-electron chi connectivity index (χ0n) is 14.2. The Labute approximate surface area is 169 Å². The van der Waals surface area contributed by atoms with Crippen molar-refractivity contribution in [2.45, 2.75) is 6.92 Å². The lowest BCUT2D eigenvalue weighted by Gasteiger charge is -2.34. The van der Waals surface area contributed by atoms with Crippen LogP contribution in [0.5, 0.6) is 0 Å². The fourth-order valence-corrected chi connectivity index (χ4v) is 4.95. The number of aryl methyl sites for hydroxylation is 1. The molecule has 0 radical (unpaired) electrons. The molecule has 1 saturated heterocycles. The molecule has 1 aliphatic rings. The predicted octanol–water partition coefficient (Wildman–Crippen LogP) is 4.98. The lowest BCUT2D eigenvalue weighted by atomic mass is 10.2. The minimum atomic E-state index is 0.0697. The molecule has 2 heterocycles. The molecule has 2 aromatic carbocycles. The van der Waals surface area contributed by atoms with Crippen LogP contribution in [0.15, 0.2) is 40.9 Å². The first kappa shape index (κ1) is 17.8. The molecular weight excluding hydrogens is 434 g/mol. The van der Waals surface area contributed by atoms with E-state index in [1.807, 2.05) is 41.3 Å². The van der Waals surface area contributed by atoms with Gasteiger partial charge in [-0.25, -0.2) is 4.98 Å². The number of piperazine rings is 1. The van der Waals surface area contributed by atoms with Crippen molar-refractivity contribution < 1.29 is 4.79 Å². The van der Waals surface area contributed by atoms with Crippen molar-refractivity contribution in [3.8, 4) is 0 Å². The third-order valence-electron chi connectivity index (χ3n) is 4.63. The summed E-state index contributed by atoms with van der Waals surface area (Å²) in [5.74, 6) is 0.0697. The first-order valence-corrected chi connectivity index (χ1v) is 10.4. The number of fused-ring (bicyclic) bond motifs is 1. The fourth-order valence-electron chi connectivity index (χ4n) is 3.13. The van der Waals surface area contributed by atoms with Gasteiger partial charge in [0, 0.05) is 30.7 Å². The summed E-state index contributed by atoms with van der Waals surface area (Å²) in [6.45, 7) is 4.96. The summed E-state index contributed by atoms with van der Waals surface area (Å²) in [6.07, 6.45) is 0. The standard InChI is InChI=1S/C19H17BrClN3OS/c1-12-6-7-15(21)17-16(12)22-19(26-17)24-10-8-23(9-11-24)18(25)13-4-2-3-5-14(13)20/h2-7H,8-11H2,1H3. The van der Waals surface area contributed by atoms with Crippen LogP contribution in [0.25, 0.3) is 10.2 Å². The smallest absolute Gasteiger partial charge is 0.255 e. The van der Waals surface area contributed by atoms with E-state index in [-0.39, 0.29) is 5.91 Å². The van der Waals surface area contributed by atoms with Crippen LogP contribution in [-0.2, 0) is 0 Å². The highest BCUT2D eigenvalue weighted by Gasteiger charge is 2.25. The van der Waals surface area contributed by atoms with Crippen LogP contribution in [-0.4, -0.2) is 42.0 Å². The van der Waals surface area contributed by atoms with Crippen molar-refractivity contribution in [1.82, 2.24) is 9.88 Å². The van der Waals surface area contributed by atoms with Gasteiger partial charge in [0.25, 0.3) is 5.91 Å². The highest BCUT2D eigenvalue weighted by atomic mass is 79.9. The average molecular weight is 451 g/mol. The van der Waals surface area contributed by atoms with Gasteiger partial charge < -0.3 is 9.80 Å². The van der Waals surface area contributed by atoms with E-state index >= 15 is 0 Å². The number of anilines is 1. The maximum atomic E-state index is 12.7. The summed E-state index contributed by atoms with van der Waals surface area (Å²) in [6, 6.07) is 11.5. The molecule has 0 spiro atoms. The van der Waals surface area contributed by atoms with E-state index in [0.717, 1.165) is 43.5 Å². The molecule has 4 nitrogen and oxygen atoms in total. The van der Waals surface area contributed by atoms with Crippen LogP contribution in [0, 0.1) is 6.92 Å². The highest BCUT2D eigenvalue weighted by molar-refractivity contribution is 9.10. The summed E-state index contributed by atoms with van der Waals surface area (Å²) in [4.78, 5) is 21.7. The fraction of sp³-hybridized carbons (Fsp3) is 0.263. The SMILES string of the molecule is Cc1ccc(Cl)c2sc(N3CCN(C(=O)c4ccccc4Br)CC3)nc12. The van der Waals surface area contributed by atoms with Crippen LogP contribution in [0.1, 0.15) is 15.9 Å². The summed E-state index contributed by atoms with van der Waals surface area (Å²) in [7, 11) is 0. The molecule has 1 aromatic heterocycles. The van der Waals surface area contributed by atoms with Crippen LogP contribution < -0.4 is 4.90 Å². The maximum absolute atomic E-state index is 12.7. The molecule has 1 amide bonds. The molecule has 1 aliphatic heterocycles. The molecule has 0 N–H and O–H groups in total. The number of carbonyl (C=O) groups is 1. The van der Waals surface area contributed by atoms with Gasteiger partial charge in [-0.05, 0) is 46.6 Å². The zero-order valence-corrected chi connectivity index (χ0v) is 17.4. The second-order valence-corrected chi connectivity index (χ2v) is 8.54. The molecule has 4 rings (SSSR count). The van der Waals surface area contributed by atoms with Crippen LogP contribution >= 0.6 is 38.9 Å². The van der Waals surface area contributed by atoms with Gasteiger partial charge in [0.2, 0.25) is 0 Å². The zero-order chi connectivity index (χ0) is 18.3. The van der Waals surface area contributed by atoms with Gasteiger partial charge in [-0.2, -0.15) is 0 Å². The number of hydrogen-bond donors (Lipinski definition) is 0. The molecule has 0 aliphatic carbocycles. The second-order valence-electron chi connectivity index (χ2n) is 6.30. The van der Waals surface area contributed by atoms with E-state index in [4.69, 9.17) is 16.6 Å². The molecule has 0 saturated carbocycles. The Morgan fingerprint density at radius 3 is 2.58 bits per heavy atom. The monoisotopic (exact) mass is 449 g/mol. The Bertz CT molecular complexity index is 943. The van der Waals surface area contributed by atoms with E-state index < -0.39 is 0 Å². The van der Waals surface area contributed by atoms with Crippen LogP contribution in [0.4, 0.5) is 5.13 Å². The van der Waals surface area contributed by atoms with Gasteiger partial charge in [-0.3, -0.25) is 4.79 Å². The van der Waals surface area contributed by atoms with Gasteiger partial charge in [0.05, 0.1) is 20.8 Å². The van der Waals surface area contributed by atoms with Crippen molar-refractivity contribution in [3.05, 3.63) is 57.0 Å². The number of amides is 1. The van der Waals surface area contributed by atoms with E-state index in [0.29, 0.717) is 18.7 Å². The minimum absolute atomic E-state index is 0.0697. The first-order chi connectivity index (χ1) is 12.5. The summed E-state index contributed by atoms with van der Waals surface area (Å²) >= 11 is 11.4. The highest BCUT2D eigenvalue weighted by Crippen LogP contribution is 2.36. The molecule has 0 bridgehead atoms. The van der Waals surface area contributed by atoms with Gasteiger partial charge in [-0.1, -0.05) is 41.1 Å². The molecule has 134 valence electrons. The van der Waals surface area contributed by atoms with Gasteiger partial charge in [0.15, 0.2) is 5.13 Å². The predicted molar refractivity (Wildman–Crippen MR) is 112 cm³/mol. The third kappa shape index (κ3) is 3.21. The van der Waals surface area contributed by atoms with Gasteiger partial charge >= 0.3 is 0 Å². The Hall–Kier alpha value is -1.63. The summed E-state index contributed by atoms with van der Waals surface area (Å²) < 4.78 is 1.87. The van der Waals surface area contributed by atoms with Crippen LogP contribution in [0.2, 0.25) is 5.02 Å². The number of nitrogens with zero attached hydrogens (tertiary/aromatic N) is 3. The first-order valence-electron chi connectivity index (χ1n) is 8.39. The largest absolute Gasteiger partial charge is 0.345 e. The number of thiazole rings is 1. The summed E-state index contributed by atoms with van der Waals surface area (Å²) in [5, 5.41) is 1.72. The molecular formula is C19H17BrClN3OS. The molecule has 3 aromatic rings. The Morgan fingerprint density at radius 2 is 1.88 bits per heavy atom. The average Bonchev–Trinajstić information content (AvgIpc) is 3.12. The number of rotatable bonds is 2. The van der Waals surface area contributed by atoms with E-state index in [2.05, 4.69) is 27.8 Å². The van der Waals surface area contributed by atoms with Crippen molar-refractivity contribution in [2.24, 2.45) is 0 Å². The molecule has 0 atom stereocenters. The van der Waals surface area contributed by atoms with E-state index in [9.17, 15) is 4.79 Å². The molecule has 1 fully saturated rings. The van der Waals surface area contributed by atoms with E-state index in [1.165, 1.54) is 0 Å². The Morgan fingerprint density at radius 1 is 1.15 bits per heavy atom. The number of halogens is 2. The molecule has 26 heavy (non-hydrogen) atoms. The van der Waals surface area contributed by atoms with Gasteiger partial charge in [-0.15, -0.1) is 0 Å². The maximum Gasteiger partial charge on any atom is 0.255 e. The number of aromatic nitrogens is 1. The molecule has 0 unspecified atom stereocenters. The van der Waals surface area contributed by atoms with Crippen molar-refractivity contribution in [3.63, 3.8) is 0 Å². The second kappa shape index (κ2) is 7.18. The summed E-state index contributed by atoms with van der Waals surface area (Å²) in [5.41, 5.74) is 2.82. The lowest BCUT2D eigenvalue weighted by molar-refractivity contribution is 0.0746. The number of carbonyl (C=O) groups excluding carboxylic acids is 1. The Kier molecular flexibility index (Phi) is 4.90. The number of benzene rings is 2. The topological polar surface area (TPSA) is 36.4 Å². The van der Waals surface area contributed by atoms with Gasteiger partial charge in [0.1, 0.15) is 0 Å². The third-order valence-corrected chi connectivity index (χ3v) is 6.90. The quantitative estimate of drug-likeness (QED) is 0.552. The Balaban J connectivity index is 1.50. The normalized spacial score (nSPS) is 14.9. The van der Waals surface area contributed by atoms with E-state index in [1.54, 1.807) is 11.3 Å². The van der Waals surface area contributed by atoms with Crippen molar-refractivity contribution >= 4 is 60.1 Å². The minimum Gasteiger partial charge on any atom is -0.345 e.